The van der Waals surface area contributed by atoms with Gasteiger partial charge in [0.15, 0.2) is 0 Å². The molecule has 1 aromatic rings. The van der Waals surface area contributed by atoms with Crippen LogP contribution in [-0.2, 0) is 0 Å². The zero-order valence-electron chi connectivity index (χ0n) is 12.4. The number of nitrogens with two attached hydrogens (primary N) is 1. The molecule has 4 heteroatoms. The van der Waals surface area contributed by atoms with E-state index in [2.05, 4.69) is 39.9 Å². The van der Waals surface area contributed by atoms with Crippen LogP contribution in [0.4, 0.5) is 0 Å². The Morgan fingerprint density at radius 1 is 1.45 bits per heavy atom. The van der Waals surface area contributed by atoms with Gasteiger partial charge < -0.3 is 10.5 Å². The number of hydrogen-bond acceptors (Lipinski definition) is 3. The van der Waals surface area contributed by atoms with Crippen LogP contribution in [0.25, 0.3) is 0 Å². The van der Waals surface area contributed by atoms with Gasteiger partial charge in [-0.25, -0.2) is 0 Å². The molecule has 2 rings (SSSR count). The molecular weight excluding hydrogens is 316 g/mol. The van der Waals surface area contributed by atoms with Crippen LogP contribution in [-0.4, -0.2) is 31.1 Å². The zero-order chi connectivity index (χ0) is 14.5. The summed E-state index contributed by atoms with van der Waals surface area (Å²) in [6, 6.07) is 7.07. The predicted molar refractivity (Wildman–Crippen MR) is 87.1 cm³/mol. The molecule has 0 saturated carbocycles. The Balaban J connectivity index is 2.30. The van der Waals surface area contributed by atoms with E-state index in [0.717, 1.165) is 16.8 Å². The first-order valence-corrected chi connectivity index (χ1v) is 8.29. The maximum atomic E-state index is 6.11. The van der Waals surface area contributed by atoms with E-state index in [1.54, 1.807) is 7.11 Å². The fourth-order valence-corrected chi connectivity index (χ4v) is 3.73. The molecule has 1 aliphatic rings. The number of hydrogen-bond donors (Lipinski definition) is 1. The second kappa shape index (κ2) is 7.43. The number of nitrogens with zero attached hydrogens (tertiary/aromatic N) is 1. The van der Waals surface area contributed by atoms with E-state index >= 15 is 0 Å². The van der Waals surface area contributed by atoms with Crippen molar-refractivity contribution in [2.75, 3.05) is 20.2 Å². The third kappa shape index (κ3) is 3.35. The maximum absolute atomic E-state index is 6.11. The SMILES string of the molecule is CCC1CCCCN1C(CN)c1cc(OC)ccc1Br. The smallest absolute Gasteiger partial charge is 0.119 e. The average Bonchev–Trinajstić information content (AvgIpc) is 2.50. The highest BCUT2D eigenvalue weighted by atomic mass is 79.9. The van der Waals surface area contributed by atoms with Crippen molar-refractivity contribution in [2.24, 2.45) is 5.73 Å². The summed E-state index contributed by atoms with van der Waals surface area (Å²) in [5.74, 6) is 0.895. The lowest BCUT2D eigenvalue weighted by Crippen LogP contribution is -2.44. The molecule has 112 valence electrons. The number of benzene rings is 1. The molecule has 0 aromatic heterocycles. The van der Waals surface area contributed by atoms with Crippen LogP contribution < -0.4 is 10.5 Å². The second-order valence-corrected chi connectivity index (χ2v) is 6.29. The number of piperidine rings is 1. The number of ether oxygens (including phenoxy) is 1. The Kier molecular flexibility index (Phi) is 5.87. The quantitative estimate of drug-likeness (QED) is 0.887. The summed E-state index contributed by atoms with van der Waals surface area (Å²) < 4.78 is 6.48. The zero-order valence-corrected chi connectivity index (χ0v) is 14.0. The largest absolute Gasteiger partial charge is 0.497 e. The van der Waals surface area contributed by atoms with Crippen LogP contribution in [0.2, 0.25) is 0 Å². The van der Waals surface area contributed by atoms with Gasteiger partial charge in [-0.2, -0.15) is 0 Å². The van der Waals surface area contributed by atoms with E-state index in [1.165, 1.54) is 31.2 Å². The summed E-state index contributed by atoms with van der Waals surface area (Å²) in [6.45, 7) is 4.06. The molecule has 0 aliphatic carbocycles. The summed E-state index contributed by atoms with van der Waals surface area (Å²) in [5.41, 5.74) is 7.35. The van der Waals surface area contributed by atoms with Crippen LogP contribution in [0.1, 0.15) is 44.2 Å². The van der Waals surface area contributed by atoms with E-state index in [0.29, 0.717) is 12.6 Å². The van der Waals surface area contributed by atoms with Crippen molar-refractivity contribution < 1.29 is 4.74 Å². The normalized spacial score (nSPS) is 21.7. The van der Waals surface area contributed by atoms with Crippen molar-refractivity contribution in [1.82, 2.24) is 4.90 Å². The Hall–Kier alpha value is -0.580. The molecule has 1 aromatic carbocycles. The van der Waals surface area contributed by atoms with Crippen molar-refractivity contribution in [3.8, 4) is 5.75 Å². The molecule has 2 N–H and O–H groups in total. The number of halogens is 1. The van der Waals surface area contributed by atoms with E-state index in [1.807, 2.05) is 6.07 Å². The summed E-state index contributed by atoms with van der Waals surface area (Å²) in [5, 5.41) is 0. The van der Waals surface area contributed by atoms with Gasteiger partial charge in [0.25, 0.3) is 0 Å². The number of rotatable bonds is 5. The standard InChI is InChI=1S/C16H25BrN2O/c1-3-12-6-4-5-9-19(12)16(11-18)14-10-13(20-2)7-8-15(14)17/h7-8,10,12,16H,3-6,9,11,18H2,1-2H3. The number of likely N-dealkylation sites (tertiary alicyclic amines) is 1. The molecule has 20 heavy (non-hydrogen) atoms. The van der Waals surface area contributed by atoms with Crippen molar-refractivity contribution >= 4 is 15.9 Å². The minimum atomic E-state index is 0.268. The summed E-state index contributed by atoms with van der Waals surface area (Å²) >= 11 is 3.67. The van der Waals surface area contributed by atoms with Gasteiger partial charge in [0, 0.05) is 23.1 Å². The lowest BCUT2D eigenvalue weighted by atomic mass is 9.95. The second-order valence-electron chi connectivity index (χ2n) is 5.43. The predicted octanol–water partition coefficient (Wildman–Crippen LogP) is 3.72. The van der Waals surface area contributed by atoms with E-state index in [9.17, 15) is 0 Å². The van der Waals surface area contributed by atoms with Gasteiger partial charge in [0.1, 0.15) is 5.75 Å². The molecule has 1 aliphatic heterocycles. The fraction of sp³-hybridized carbons (Fsp3) is 0.625. The molecule has 2 unspecified atom stereocenters. The first-order chi connectivity index (χ1) is 9.71. The highest BCUT2D eigenvalue weighted by Gasteiger charge is 2.29. The summed E-state index contributed by atoms with van der Waals surface area (Å²) in [7, 11) is 1.71. The highest BCUT2D eigenvalue weighted by Crippen LogP contribution is 2.34. The first-order valence-electron chi connectivity index (χ1n) is 7.50. The molecule has 1 heterocycles. The van der Waals surface area contributed by atoms with E-state index in [4.69, 9.17) is 10.5 Å². The van der Waals surface area contributed by atoms with E-state index in [-0.39, 0.29) is 6.04 Å². The lowest BCUT2D eigenvalue weighted by molar-refractivity contribution is 0.0944. The molecule has 1 saturated heterocycles. The molecule has 0 spiro atoms. The van der Waals surface area contributed by atoms with Gasteiger partial charge in [-0.3, -0.25) is 4.90 Å². The van der Waals surface area contributed by atoms with Crippen LogP contribution in [0.5, 0.6) is 5.75 Å². The Morgan fingerprint density at radius 2 is 2.25 bits per heavy atom. The van der Waals surface area contributed by atoms with Gasteiger partial charge in [0.05, 0.1) is 7.11 Å². The van der Waals surface area contributed by atoms with Crippen LogP contribution in [0.3, 0.4) is 0 Å². The molecule has 0 bridgehead atoms. The summed E-state index contributed by atoms with van der Waals surface area (Å²) in [4.78, 5) is 2.59. The van der Waals surface area contributed by atoms with Gasteiger partial charge in [-0.1, -0.05) is 29.3 Å². The average molecular weight is 341 g/mol. The van der Waals surface area contributed by atoms with E-state index < -0.39 is 0 Å². The maximum Gasteiger partial charge on any atom is 0.119 e. The van der Waals surface area contributed by atoms with Gasteiger partial charge in [-0.15, -0.1) is 0 Å². The molecule has 1 fully saturated rings. The molecule has 2 atom stereocenters. The van der Waals surface area contributed by atoms with Crippen molar-refractivity contribution in [2.45, 2.75) is 44.7 Å². The van der Waals surface area contributed by atoms with Crippen molar-refractivity contribution in [3.05, 3.63) is 28.2 Å². The first kappa shape index (κ1) is 15.8. The van der Waals surface area contributed by atoms with Crippen molar-refractivity contribution in [3.63, 3.8) is 0 Å². The third-order valence-corrected chi connectivity index (χ3v) is 5.05. The minimum absolute atomic E-state index is 0.268. The highest BCUT2D eigenvalue weighted by molar-refractivity contribution is 9.10. The van der Waals surface area contributed by atoms with Crippen LogP contribution in [0, 0.1) is 0 Å². The minimum Gasteiger partial charge on any atom is -0.497 e. The fourth-order valence-electron chi connectivity index (χ4n) is 3.22. The Labute approximate surface area is 130 Å². The Morgan fingerprint density at radius 3 is 2.90 bits per heavy atom. The molecule has 0 radical (unpaired) electrons. The topological polar surface area (TPSA) is 38.5 Å². The van der Waals surface area contributed by atoms with Crippen molar-refractivity contribution in [1.29, 1.82) is 0 Å². The summed E-state index contributed by atoms with van der Waals surface area (Å²) in [6.07, 6.45) is 5.09. The van der Waals surface area contributed by atoms with Gasteiger partial charge in [0.2, 0.25) is 0 Å². The van der Waals surface area contributed by atoms with Gasteiger partial charge >= 0.3 is 0 Å². The number of methoxy groups -OCH3 is 1. The monoisotopic (exact) mass is 340 g/mol. The Bertz CT molecular complexity index is 438. The van der Waals surface area contributed by atoms with Gasteiger partial charge in [-0.05, 0) is 49.6 Å². The lowest BCUT2D eigenvalue weighted by Gasteiger charge is -2.41. The third-order valence-electron chi connectivity index (χ3n) is 4.33. The molecule has 0 amide bonds. The molecular formula is C16H25BrN2O. The van der Waals surface area contributed by atoms with Crippen LogP contribution >= 0.6 is 15.9 Å². The molecule has 3 nitrogen and oxygen atoms in total. The van der Waals surface area contributed by atoms with Crippen LogP contribution in [0.15, 0.2) is 22.7 Å².